The van der Waals surface area contributed by atoms with E-state index in [2.05, 4.69) is 20.4 Å². The Morgan fingerprint density at radius 2 is 2.06 bits per heavy atom. The number of aromatic nitrogens is 3. The molecule has 0 bridgehead atoms. The molecule has 1 aromatic carbocycles. The monoisotopic (exact) mass is 424 g/mol. The average Bonchev–Trinajstić information content (AvgIpc) is 3.22. The highest BCUT2D eigenvalue weighted by atomic mass is 16.6. The van der Waals surface area contributed by atoms with Crippen molar-refractivity contribution in [2.24, 2.45) is 0 Å². The van der Waals surface area contributed by atoms with Gasteiger partial charge >= 0.3 is 0 Å². The fourth-order valence-corrected chi connectivity index (χ4v) is 3.93. The Hall–Kier alpha value is -3.53. The SMILES string of the molecule is COc1ccc([N+](=O)[O-])cc1NC(=O)CCN1CCC(c2nnc3ccccn23)CC1. The van der Waals surface area contributed by atoms with Crippen molar-refractivity contribution in [2.75, 3.05) is 32.1 Å². The second-order valence-electron chi connectivity index (χ2n) is 7.54. The molecule has 0 aliphatic carbocycles. The lowest BCUT2D eigenvalue weighted by atomic mass is 9.96. The van der Waals surface area contributed by atoms with Crippen LogP contribution in [0.25, 0.3) is 5.65 Å². The van der Waals surface area contributed by atoms with Crippen LogP contribution in [0.15, 0.2) is 42.6 Å². The maximum Gasteiger partial charge on any atom is 0.271 e. The Morgan fingerprint density at radius 1 is 1.26 bits per heavy atom. The number of anilines is 1. The van der Waals surface area contributed by atoms with Gasteiger partial charge in [-0.15, -0.1) is 10.2 Å². The van der Waals surface area contributed by atoms with Crippen molar-refractivity contribution in [3.8, 4) is 5.75 Å². The number of likely N-dealkylation sites (tertiary alicyclic amines) is 1. The molecule has 10 nitrogen and oxygen atoms in total. The van der Waals surface area contributed by atoms with E-state index in [4.69, 9.17) is 4.74 Å². The highest BCUT2D eigenvalue weighted by Crippen LogP contribution is 2.29. The average molecular weight is 424 g/mol. The summed E-state index contributed by atoms with van der Waals surface area (Å²) in [6.45, 7) is 2.37. The minimum absolute atomic E-state index is 0.0980. The van der Waals surface area contributed by atoms with Gasteiger partial charge in [-0.2, -0.15) is 0 Å². The number of methoxy groups -OCH3 is 1. The van der Waals surface area contributed by atoms with Gasteiger partial charge in [0.1, 0.15) is 11.6 Å². The number of carbonyl (C=O) groups excluding carboxylic acids is 1. The van der Waals surface area contributed by atoms with Crippen LogP contribution in [0, 0.1) is 10.1 Å². The number of hydrogen-bond donors (Lipinski definition) is 1. The van der Waals surface area contributed by atoms with Gasteiger partial charge < -0.3 is 15.0 Å². The number of carbonyl (C=O) groups is 1. The predicted octanol–water partition coefficient (Wildman–Crippen LogP) is 2.85. The molecule has 0 saturated carbocycles. The molecular weight excluding hydrogens is 400 g/mol. The molecule has 1 saturated heterocycles. The standard InChI is InChI=1S/C21H24N6O4/c1-31-18-6-5-16(27(29)30)14-17(18)22-20(28)9-13-25-11-7-15(8-12-25)21-24-23-19-4-2-3-10-26(19)21/h2-6,10,14-15H,7-9,11-13H2,1H3,(H,22,28). The van der Waals surface area contributed by atoms with Crippen molar-refractivity contribution in [1.82, 2.24) is 19.5 Å². The van der Waals surface area contributed by atoms with E-state index in [1.165, 1.54) is 25.3 Å². The maximum atomic E-state index is 12.4. The number of non-ortho nitro benzene ring substituents is 1. The van der Waals surface area contributed by atoms with Gasteiger partial charge in [0.25, 0.3) is 5.69 Å². The molecule has 2 aromatic heterocycles. The summed E-state index contributed by atoms with van der Waals surface area (Å²) in [5.74, 6) is 1.52. The number of amides is 1. The van der Waals surface area contributed by atoms with Gasteiger partial charge in [0.15, 0.2) is 5.65 Å². The summed E-state index contributed by atoms with van der Waals surface area (Å²) in [6, 6.07) is 10.0. The fraction of sp³-hybridized carbons (Fsp3) is 0.381. The van der Waals surface area contributed by atoms with Crippen LogP contribution in [0.5, 0.6) is 5.75 Å². The van der Waals surface area contributed by atoms with Crippen LogP contribution >= 0.6 is 0 Å². The summed E-state index contributed by atoms with van der Waals surface area (Å²) in [5, 5.41) is 22.3. The highest BCUT2D eigenvalue weighted by Gasteiger charge is 2.24. The molecular formula is C21H24N6O4. The third-order valence-corrected chi connectivity index (χ3v) is 5.62. The van der Waals surface area contributed by atoms with Crippen molar-refractivity contribution >= 4 is 22.9 Å². The number of pyridine rings is 1. The van der Waals surface area contributed by atoms with Crippen LogP contribution in [-0.2, 0) is 4.79 Å². The Kier molecular flexibility index (Phi) is 6.08. The Labute approximate surface area is 179 Å². The molecule has 3 heterocycles. The Balaban J connectivity index is 1.29. The Bertz CT molecular complexity index is 1090. The molecule has 4 rings (SSSR count). The van der Waals surface area contributed by atoms with Crippen molar-refractivity contribution in [3.05, 3.63) is 58.5 Å². The first-order valence-electron chi connectivity index (χ1n) is 10.2. The number of nitrogens with one attached hydrogen (secondary N) is 1. The minimum atomic E-state index is -0.502. The number of nitro benzene ring substituents is 1. The van der Waals surface area contributed by atoms with E-state index < -0.39 is 4.92 Å². The fourth-order valence-electron chi connectivity index (χ4n) is 3.93. The molecule has 162 valence electrons. The number of nitro groups is 1. The van der Waals surface area contributed by atoms with Gasteiger partial charge in [-0.1, -0.05) is 6.07 Å². The molecule has 1 aliphatic rings. The molecule has 1 fully saturated rings. The molecule has 31 heavy (non-hydrogen) atoms. The second kappa shape index (κ2) is 9.09. The number of rotatable bonds is 7. The maximum absolute atomic E-state index is 12.4. The number of piperidine rings is 1. The molecule has 1 N–H and O–H groups in total. The lowest BCUT2D eigenvalue weighted by Crippen LogP contribution is -2.35. The number of fused-ring (bicyclic) bond motifs is 1. The summed E-state index contributed by atoms with van der Waals surface area (Å²) in [6.07, 6.45) is 4.19. The largest absolute Gasteiger partial charge is 0.495 e. The Morgan fingerprint density at radius 3 is 2.81 bits per heavy atom. The quantitative estimate of drug-likeness (QED) is 0.458. The predicted molar refractivity (Wildman–Crippen MR) is 114 cm³/mol. The van der Waals surface area contributed by atoms with Gasteiger partial charge in [0, 0.05) is 37.2 Å². The van der Waals surface area contributed by atoms with E-state index in [1.807, 2.05) is 28.8 Å². The first kappa shape index (κ1) is 20.7. The summed E-state index contributed by atoms with van der Waals surface area (Å²) < 4.78 is 7.23. The van der Waals surface area contributed by atoms with Crippen LogP contribution in [0.1, 0.15) is 31.0 Å². The van der Waals surface area contributed by atoms with E-state index in [0.717, 1.165) is 37.4 Å². The molecule has 1 aliphatic heterocycles. The smallest absolute Gasteiger partial charge is 0.271 e. The van der Waals surface area contributed by atoms with E-state index in [-0.39, 0.29) is 11.6 Å². The molecule has 3 aromatic rings. The normalized spacial score (nSPS) is 15.1. The van der Waals surface area contributed by atoms with Crippen LogP contribution in [0.4, 0.5) is 11.4 Å². The number of nitrogens with zero attached hydrogens (tertiary/aromatic N) is 5. The summed E-state index contributed by atoms with van der Waals surface area (Å²) in [4.78, 5) is 25.2. The van der Waals surface area contributed by atoms with E-state index in [0.29, 0.717) is 30.3 Å². The molecule has 0 radical (unpaired) electrons. The zero-order valence-electron chi connectivity index (χ0n) is 17.2. The molecule has 10 heteroatoms. The van der Waals surface area contributed by atoms with Crippen molar-refractivity contribution < 1.29 is 14.5 Å². The molecule has 1 amide bonds. The number of hydrogen-bond acceptors (Lipinski definition) is 7. The van der Waals surface area contributed by atoms with Gasteiger partial charge in [-0.25, -0.2) is 0 Å². The highest BCUT2D eigenvalue weighted by molar-refractivity contribution is 5.92. The summed E-state index contributed by atoms with van der Waals surface area (Å²) in [7, 11) is 1.46. The van der Waals surface area contributed by atoms with Crippen molar-refractivity contribution in [3.63, 3.8) is 0 Å². The minimum Gasteiger partial charge on any atom is -0.495 e. The summed E-state index contributed by atoms with van der Waals surface area (Å²) >= 11 is 0. The third kappa shape index (κ3) is 4.64. The van der Waals surface area contributed by atoms with E-state index >= 15 is 0 Å². The number of benzene rings is 1. The lowest BCUT2D eigenvalue weighted by molar-refractivity contribution is -0.384. The van der Waals surface area contributed by atoms with Gasteiger partial charge in [0.05, 0.1) is 17.7 Å². The van der Waals surface area contributed by atoms with Gasteiger partial charge in [0.2, 0.25) is 5.91 Å². The van der Waals surface area contributed by atoms with Gasteiger partial charge in [-0.05, 0) is 44.1 Å². The van der Waals surface area contributed by atoms with Gasteiger partial charge in [-0.3, -0.25) is 19.3 Å². The van der Waals surface area contributed by atoms with E-state index in [1.54, 1.807) is 0 Å². The second-order valence-corrected chi connectivity index (χ2v) is 7.54. The van der Waals surface area contributed by atoms with E-state index in [9.17, 15) is 14.9 Å². The first-order chi connectivity index (χ1) is 15.0. The van der Waals surface area contributed by atoms with Crippen molar-refractivity contribution in [2.45, 2.75) is 25.2 Å². The molecule has 0 atom stereocenters. The topological polar surface area (TPSA) is 115 Å². The molecule has 0 spiro atoms. The molecule has 0 unspecified atom stereocenters. The third-order valence-electron chi connectivity index (χ3n) is 5.62. The lowest BCUT2D eigenvalue weighted by Gasteiger charge is -2.30. The number of ether oxygens (including phenoxy) is 1. The van der Waals surface area contributed by atoms with Crippen LogP contribution in [-0.4, -0.2) is 57.1 Å². The van der Waals surface area contributed by atoms with Crippen LogP contribution < -0.4 is 10.1 Å². The first-order valence-corrected chi connectivity index (χ1v) is 10.2. The zero-order chi connectivity index (χ0) is 21.8. The van der Waals surface area contributed by atoms with Crippen molar-refractivity contribution in [1.29, 1.82) is 0 Å². The summed E-state index contributed by atoms with van der Waals surface area (Å²) in [5.41, 5.74) is 1.06. The van der Waals surface area contributed by atoms with Crippen LogP contribution in [0.2, 0.25) is 0 Å². The van der Waals surface area contributed by atoms with Crippen LogP contribution in [0.3, 0.4) is 0 Å². The zero-order valence-corrected chi connectivity index (χ0v) is 17.2.